The molecule has 1 aliphatic rings. The van der Waals surface area contributed by atoms with Gasteiger partial charge < -0.3 is 14.4 Å². The molecule has 1 amide bonds. The molecule has 134 valence electrons. The lowest BCUT2D eigenvalue weighted by molar-refractivity contribution is -0.137. The summed E-state index contributed by atoms with van der Waals surface area (Å²) in [7, 11) is 1.53. The van der Waals surface area contributed by atoms with Crippen LogP contribution in [-0.2, 0) is 4.79 Å². The van der Waals surface area contributed by atoms with Crippen molar-refractivity contribution in [2.75, 3.05) is 20.2 Å². The topological polar surface area (TPSA) is 64.6 Å². The van der Waals surface area contributed by atoms with E-state index in [9.17, 15) is 4.79 Å². The van der Waals surface area contributed by atoms with Gasteiger partial charge in [0.05, 0.1) is 7.11 Å². The molecule has 1 fully saturated rings. The van der Waals surface area contributed by atoms with E-state index in [1.54, 1.807) is 12.3 Å². The second-order valence-electron chi connectivity index (χ2n) is 6.30. The molecule has 24 heavy (non-hydrogen) atoms. The van der Waals surface area contributed by atoms with Crippen molar-refractivity contribution in [3.8, 4) is 11.9 Å². The third-order valence-electron chi connectivity index (χ3n) is 4.46. The van der Waals surface area contributed by atoms with E-state index in [2.05, 4.69) is 23.8 Å². The standard InChI is InChI=1S/C18H29N3O3/c1-4-6-14(7-5-2)17(22)21-12-9-15(10-13-21)24-16-8-11-19-18(20-16)23-3/h8,11,14-15H,4-7,9-10,12-13H2,1-3H3. The number of piperidine rings is 1. The molecule has 0 spiro atoms. The third-order valence-corrected chi connectivity index (χ3v) is 4.46. The van der Waals surface area contributed by atoms with Crippen LogP contribution in [0.2, 0.25) is 0 Å². The Kier molecular flexibility index (Phi) is 7.28. The van der Waals surface area contributed by atoms with Crippen molar-refractivity contribution in [1.82, 2.24) is 14.9 Å². The van der Waals surface area contributed by atoms with E-state index in [1.165, 1.54) is 7.11 Å². The number of hydrogen-bond acceptors (Lipinski definition) is 5. The number of carbonyl (C=O) groups excluding carboxylic acids is 1. The number of aromatic nitrogens is 2. The van der Waals surface area contributed by atoms with Gasteiger partial charge in [0.15, 0.2) is 0 Å². The van der Waals surface area contributed by atoms with E-state index in [0.717, 1.165) is 51.6 Å². The molecule has 0 atom stereocenters. The summed E-state index contributed by atoms with van der Waals surface area (Å²) in [6, 6.07) is 2.04. The quantitative estimate of drug-likeness (QED) is 0.730. The zero-order chi connectivity index (χ0) is 17.4. The van der Waals surface area contributed by atoms with Gasteiger partial charge in [-0.05, 0) is 12.8 Å². The minimum Gasteiger partial charge on any atom is -0.474 e. The van der Waals surface area contributed by atoms with Gasteiger partial charge in [0.25, 0.3) is 0 Å². The molecule has 0 unspecified atom stereocenters. The highest BCUT2D eigenvalue weighted by Gasteiger charge is 2.28. The van der Waals surface area contributed by atoms with Crippen LogP contribution in [0.25, 0.3) is 0 Å². The number of ether oxygens (including phenoxy) is 2. The maximum absolute atomic E-state index is 12.7. The van der Waals surface area contributed by atoms with E-state index in [-0.39, 0.29) is 12.0 Å². The van der Waals surface area contributed by atoms with Gasteiger partial charge in [-0.3, -0.25) is 4.79 Å². The maximum Gasteiger partial charge on any atom is 0.319 e. The Balaban J connectivity index is 1.84. The smallest absolute Gasteiger partial charge is 0.319 e. The van der Waals surface area contributed by atoms with Gasteiger partial charge >= 0.3 is 6.01 Å². The van der Waals surface area contributed by atoms with Crippen LogP contribution in [0.1, 0.15) is 52.4 Å². The zero-order valence-corrected chi connectivity index (χ0v) is 15.0. The number of methoxy groups -OCH3 is 1. The lowest BCUT2D eigenvalue weighted by Crippen LogP contribution is -2.44. The van der Waals surface area contributed by atoms with E-state index >= 15 is 0 Å². The maximum atomic E-state index is 12.7. The number of likely N-dealkylation sites (tertiary alicyclic amines) is 1. The van der Waals surface area contributed by atoms with Gasteiger partial charge in [-0.2, -0.15) is 4.98 Å². The summed E-state index contributed by atoms with van der Waals surface area (Å²) < 4.78 is 10.9. The normalized spacial score (nSPS) is 15.6. The summed E-state index contributed by atoms with van der Waals surface area (Å²) in [4.78, 5) is 22.8. The second-order valence-corrected chi connectivity index (χ2v) is 6.30. The van der Waals surface area contributed by atoms with Crippen LogP contribution < -0.4 is 9.47 Å². The number of carbonyl (C=O) groups is 1. The summed E-state index contributed by atoms with van der Waals surface area (Å²) in [5.41, 5.74) is 0. The Morgan fingerprint density at radius 3 is 2.54 bits per heavy atom. The molecule has 0 saturated carbocycles. The van der Waals surface area contributed by atoms with Crippen molar-refractivity contribution in [2.45, 2.75) is 58.5 Å². The Labute approximate surface area is 144 Å². The van der Waals surface area contributed by atoms with Crippen LogP contribution in [-0.4, -0.2) is 47.1 Å². The molecule has 2 heterocycles. The van der Waals surface area contributed by atoms with Gasteiger partial charge in [-0.1, -0.05) is 26.7 Å². The monoisotopic (exact) mass is 335 g/mol. The average Bonchev–Trinajstić information content (AvgIpc) is 2.62. The Morgan fingerprint density at radius 1 is 1.29 bits per heavy atom. The lowest BCUT2D eigenvalue weighted by atomic mass is 9.95. The molecule has 1 aromatic heterocycles. The van der Waals surface area contributed by atoms with E-state index in [4.69, 9.17) is 9.47 Å². The van der Waals surface area contributed by atoms with Crippen LogP contribution >= 0.6 is 0 Å². The molecule has 0 radical (unpaired) electrons. The number of hydrogen-bond donors (Lipinski definition) is 0. The van der Waals surface area contributed by atoms with E-state index in [1.807, 2.05) is 4.90 Å². The molecular weight excluding hydrogens is 306 g/mol. The largest absolute Gasteiger partial charge is 0.474 e. The van der Waals surface area contributed by atoms with Crippen molar-refractivity contribution in [3.63, 3.8) is 0 Å². The van der Waals surface area contributed by atoms with E-state index < -0.39 is 0 Å². The fourth-order valence-electron chi connectivity index (χ4n) is 3.20. The molecule has 6 heteroatoms. The fourth-order valence-corrected chi connectivity index (χ4v) is 3.20. The number of rotatable bonds is 8. The first-order chi connectivity index (χ1) is 11.7. The highest BCUT2D eigenvalue weighted by atomic mass is 16.5. The van der Waals surface area contributed by atoms with Crippen molar-refractivity contribution in [2.24, 2.45) is 5.92 Å². The minimum absolute atomic E-state index is 0.0875. The zero-order valence-electron chi connectivity index (χ0n) is 15.0. The van der Waals surface area contributed by atoms with Crippen LogP contribution in [0.15, 0.2) is 12.3 Å². The molecule has 0 bridgehead atoms. The van der Waals surface area contributed by atoms with E-state index in [0.29, 0.717) is 17.8 Å². The van der Waals surface area contributed by atoms with Gasteiger partial charge in [0, 0.05) is 44.1 Å². The average molecular weight is 335 g/mol. The molecular formula is C18H29N3O3. The van der Waals surface area contributed by atoms with Gasteiger partial charge in [-0.15, -0.1) is 0 Å². The summed E-state index contributed by atoms with van der Waals surface area (Å²) in [6.07, 6.45) is 7.49. The Morgan fingerprint density at radius 2 is 1.96 bits per heavy atom. The van der Waals surface area contributed by atoms with Crippen molar-refractivity contribution >= 4 is 5.91 Å². The summed E-state index contributed by atoms with van der Waals surface area (Å²) >= 11 is 0. The Bertz CT molecular complexity index is 510. The Hall–Kier alpha value is -1.85. The van der Waals surface area contributed by atoms with Gasteiger partial charge in [0.2, 0.25) is 11.8 Å². The molecule has 1 saturated heterocycles. The lowest BCUT2D eigenvalue weighted by Gasteiger charge is -2.34. The van der Waals surface area contributed by atoms with Crippen molar-refractivity contribution in [3.05, 3.63) is 12.3 Å². The molecule has 6 nitrogen and oxygen atoms in total. The first-order valence-electron chi connectivity index (χ1n) is 9.00. The summed E-state index contributed by atoms with van der Waals surface area (Å²) in [5, 5.41) is 0. The summed E-state index contributed by atoms with van der Waals surface area (Å²) in [6.45, 7) is 5.81. The second kappa shape index (κ2) is 9.45. The predicted octanol–water partition coefficient (Wildman–Crippen LogP) is 3.07. The molecule has 2 rings (SSSR count). The predicted molar refractivity (Wildman–Crippen MR) is 92.1 cm³/mol. The molecule has 0 aromatic carbocycles. The fraction of sp³-hybridized carbons (Fsp3) is 0.722. The van der Waals surface area contributed by atoms with Crippen LogP contribution in [0.4, 0.5) is 0 Å². The molecule has 0 N–H and O–H groups in total. The van der Waals surface area contributed by atoms with Gasteiger partial charge in [0.1, 0.15) is 6.10 Å². The minimum atomic E-state index is 0.0875. The van der Waals surface area contributed by atoms with Crippen LogP contribution in [0.5, 0.6) is 11.9 Å². The molecule has 1 aliphatic heterocycles. The molecule has 0 aliphatic carbocycles. The highest BCUT2D eigenvalue weighted by molar-refractivity contribution is 5.78. The third kappa shape index (κ3) is 5.08. The molecule has 1 aromatic rings. The summed E-state index contributed by atoms with van der Waals surface area (Å²) in [5.74, 6) is 1.03. The van der Waals surface area contributed by atoms with Crippen LogP contribution in [0.3, 0.4) is 0 Å². The SMILES string of the molecule is CCCC(CCC)C(=O)N1CCC(Oc2ccnc(OC)n2)CC1. The first kappa shape index (κ1) is 18.5. The van der Waals surface area contributed by atoms with Crippen molar-refractivity contribution < 1.29 is 14.3 Å². The number of amides is 1. The van der Waals surface area contributed by atoms with Crippen molar-refractivity contribution in [1.29, 1.82) is 0 Å². The number of nitrogens with zero attached hydrogens (tertiary/aromatic N) is 3. The van der Waals surface area contributed by atoms with Crippen LogP contribution in [0, 0.1) is 5.92 Å². The first-order valence-corrected chi connectivity index (χ1v) is 9.00. The van der Waals surface area contributed by atoms with Gasteiger partial charge in [-0.25, -0.2) is 4.98 Å². The highest BCUT2D eigenvalue weighted by Crippen LogP contribution is 2.22.